The fourth-order valence-corrected chi connectivity index (χ4v) is 4.66. The average Bonchev–Trinajstić information content (AvgIpc) is 2.79. The van der Waals surface area contributed by atoms with E-state index in [0.29, 0.717) is 17.1 Å². The number of carbonyl (C=O) groups is 1. The smallest absolute Gasteiger partial charge is 0.345 e. The quantitative estimate of drug-likeness (QED) is 0.201. The number of esters is 1. The van der Waals surface area contributed by atoms with Crippen LogP contribution in [0.5, 0.6) is 0 Å². The normalized spacial score (nSPS) is 11.8. The van der Waals surface area contributed by atoms with Crippen LogP contribution in [0.15, 0.2) is 70.1 Å². The second kappa shape index (κ2) is 6.86. The first kappa shape index (κ1) is 18.9. The molecular weight excluding hydrogens is 472 g/mol. The highest BCUT2D eigenvalue weighted by atomic mass is 79.9. The molecule has 1 aromatic heterocycles. The first-order valence-electron chi connectivity index (χ1n) is 10.1. The van der Waals surface area contributed by atoms with E-state index in [1.54, 1.807) is 6.92 Å². The van der Waals surface area contributed by atoms with E-state index in [1.165, 1.54) is 10.6 Å². The van der Waals surface area contributed by atoms with E-state index in [1.807, 2.05) is 59.2 Å². The predicted octanol–water partition coefficient (Wildman–Crippen LogP) is 4.72. The fraction of sp³-hybridized carbons (Fsp3) is 0.0833. The van der Waals surface area contributed by atoms with Crippen LogP contribution in [0.2, 0.25) is 0 Å². The van der Waals surface area contributed by atoms with Crippen molar-refractivity contribution in [3.63, 3.8) is 0 Å². The van der Waals surface area contributed by atoms with Crippen LogP contribution in [0, 0.1) is 0 Å². The van der Waals surface area contributed by atoms with Crippen molar-refractivity contribution in [1.82, 2.24) is 18.9 Å². The fourth-order valence-electron chi connectivity index (χ4n) is 4.30. The van der Waals surface area contributed by atoms with Gasteiger partial charge in [-0.05, 0) is 42.6 Å². The lowest BCUT2D eigenvalue weighted by Gasteiger charge is -2.21. The summed E-state index contributed by atoms with van der Waals surface area (Å²) in [5.74, 6) is 0.353. The number of nitrogens with zero attached hydrogens (tertiary/aromatic N) is 4. The van der Waals surface area contributed by atoms with E-state index in [4.69, 9.17) is 9.72 Å². The zero-order valence-electron chi connectivity index (χ0n) is 16.9. The lowest BCUT2D eigenvalue weighted by atomic mass is 10.1. The molecule has 2 aliphatic heterocycles. The van der Waals surface area contributed by atoms with Crippen LogP contribution in [0.25, 0.3) is 44.3 Å². The first-order valence-corrected chi connectivity index (χ1v) is 10.9. The summed E-state index contributed by atoms with van der Waals surface area (Å²) < 4.78 is 9.25. The molecule has 3 aromatic carbocycles. The van der Waals surface area contributed by atoms with Gasteiger partial charge >= 0.3 is 5.97 Å². The van der Waals surface area contributed by atoms with Gasteiger partial charge in [0.05, 0.1) is 29.4 Å². The Hall–Kier alpha value is -3.78. The van der Waals surface area contributed by atoms with Gasteiger partial charge in [-0.2, -0.15) is 0 Å². The van der Waals surface area contributed by atoms with Crippen LogP contribution in [0.4, 0.5) is 0 Å². The second-order valence-electron chi connectivity index (χ2n) is 7.42. The van der Waals surface area contributed by atoms with Gasteiger partial charge in [0.1, 0.15) is 11.4 Å². The van der Waals surface area contributed by atoms with Gasteiger partial charge in [0.15, 0.2) is 0 Å². The molecule has 4 aromatic rings. The van der Waals surface area contributed by atoms with Crippen molar-refractivity contribution in [3.8, 4) is 5.82 Å². The third-order valence-corrected chi connectivity index (χ3v) is 6.11. The number of aromatic nitrogens is 4. The number of carbonyl (C=O) groups excluding carboxylic acids is 1. The van der Waals surface area contributed by atoms with Gasteiger partial charge in [0, 0.05) is 15.2 Å². The van der Waals surface area contributed by atoms with Crippen molar-refractivity contribution in [2.24, 2.45) is 0 Å². The molecule has 0 atom stereocenters. The largest absolute Gasteiger partial charge is 0.462 e. The molecule has 3 heterocycles. The van der Waals surface area contributed by atoms with E-state index in [2.05, 4.69) is 20.9 Å². The minimum absolute atomic E-state index is 0.111. The van der Waals surface area contributed by atoms with Gasteiger partial charge in [-0.3, -0.25) is 9.36 Å². The minimum Gasteiger partial charge on any atom is -0.462 e. The van der Waals surface area contributed by atoms with Crippen LogP contribution in [0.1, 0.15) is 17.3 Å². The summed E-state index contributed by atoms with van der Waals surface area (Å²) in [6.07, 6.45) is 1.29. The molecule has 0 fully saturated rings. The molecule has 0 bridgehead atoms. The van der Waals surface area contributed by atoms with Crippen LogP contribution >= 0.6 is 15.9 Å². The van der Waals surface area contributed by atoms with Gasteiger partial charge in [-0.15, -0.1) is 0 Å². The van der Waals surface area contributed by atoms with Crippen LogP contribution < -0.4 is 5.56 Å². The Morgan fingerprint density at radius 1 is 1.09 bits per heavy atom. The Balaban J connectivity index is 1.92. The molecule has 8 heteroatoms. The number of halogens is 1. The summed E-state index contributed by atoms with van der Waals surface area (Å²) in [6, 6.07) is 17.6. The molecule has 0 aliphatic carbocycles. The van der Waals surface area contributed by atoms with Crippen LogP contribution in [-0.2, 0) is 4.74 Å². The summed E-state index contributed by atoms with van der Waals surface area (Å²) in [5.41, 5.74) is 1.74. The third kappa shape index (κ3) is 2.53. The lowest BCUT2D eigenvalue weighted by Crippen LogP contribution is -2.27. The van der Waals surface area contributed by atoms with Crippen molar-refractivity contribution in [1.29, 1.82) is 0 Å². The Morgan fingerprint density at radius 3 is 2.72 bits per heavy atom. The molecule has 32 heavy (non-hydrogen) atoms. The Bertz CT molecular complexity index is 1750. The second-order valence-corrected chi connectivity index (χ2v) is 8.33. The molecule has 0 unspecified atom stereocenters. The summed E-state index contributed by atoms with van der Waals surface area (Å²) >= 11 is 3.53. The van der Waals surface area contributed by atoms with Crippen molar-refractivity contribution >= 4 is 60.4 Å². The summed E-state index contributed by atoms with van der Waals surface area (Å²) in [5, 5.41) is 2.77. The standard InChI is InChI=1S/C24H15BrN4O3/c1-2-32-23(31)16-12-26-24-28-19-8-4-6-13-5-3-7-17(20(13)19)27-21(28)15-11-14(25)9-10-18(15)29(24)22(16)30/h3-12H,2H2,1H3. The van der Waals surface area contributed by atoms with Gasteiger partial charge in [0.2, 0.25) is 5.78 Å². The van der Waals surface area contributed by atoms with Crippen molar-refractivity contribution in [2.45, 2.75) is 6.92 Å². The molecular formula is C24H15BrN4O3. The zero-order valence-corrected chi connectivity index (χ0v) is 18.5. The van der Waals surface area contributed by atoms with Gasteiger partial charge in [0.25, 0.3) is 5.56 Å². The minimum atomic E-state index is -0.690. The molecule has 156 valence electrons. The molecule has 0 N–H and O–H groups in total. The Morgan fingerprint density at radius 2 is 1.91 bits per heavy atom. The van der Waals surface area contributed by atoms with Crippen molar-refractivity contribution < 1.29 is 9.53 Å². The molecule has 0 radical (unpaired) electrons. The summed E-state index contributed by atoms with van der Waals surface area (Å²) in [7, 11) is 0. The molecule has 7 nitrogen and oxygen atoms in total. The number of rotatable bonds is 2. The predicted molar refractivity (Wildman–Crippen MR) is 126 cm³/mol. The summed E-state index contributed by atoms with van der Waals surface area (Å²) in [6.45, 7) is 1.87. The molecule has 6 rings (SSSR count). The highest BCUT2D eigenvalue weighted by Gasteiger charge is 2.23. The highest BCUT2D eigenvalue weighted by Crippen LogP contribution is 2.34. The molecule has 0 saturated heterocycles. The Labute approximate surface area is 189 Å². The lowest BCUT2D eigenvalue weighted by molar-refractivity contribution is 0.0523. The van der Waals surface area contributed by atoms with Crippen LogP contribution in [-0.4, -0.2) is 31.5 Å². The molecule has 0 amide bonds. The molecule has 2 aliphatic rings. The van der Waals surface area contributed by atoms with Crippen molar-refractivity contribution in [2.75, 3.05) is 6.61 Å². The van der Waals surface area contributed by atoms with E-state index in [0.717, 1.165) is 31.7 Å². The Kier molecular flexibility index (Phi) is 4.06. The maximum atomic E-state index is 13.5. The molecule has 0 saturated carbocycles. The van der Waals surface area contributed by atoms with Crippen molar-refractivity contribution in [3.05, 3.63) is 81.2 Å². The first-order chi connectivity index (χ1) is 15.6. The summed E-state index contributed by atoms with van der Waals surface area (Å²) in [4.78, 5) is 35.4. The van der Waals surface area contributed by atoms with Gasteiger partial charge < -0.3 is 4.74 Å². The monoisotopic (exact) mass is 486 g/mol. The van der Waals surface area contributed by atoms with Crippen LogP contribution in [0.3, 0.4) is 0 Å². The number of benzene rings is 3. The van der Waals surface area contributed by atoms with Gasteiger partial charge in [-0.1, -0.05) is 40.2 Å². The maximum Gasteiger partial charge on any atom is 0.345 e. The highest BCUT2D eigenvalue weighted by molar-refractivity contribution is 9.10. The topological polar surface area (TPSA) is 78.5 Å². The van der Waals surface area contributed by atoms with E-state index < -0.39 is 11.5 Å². The van der Waals surface area contributed by atoms with E-state index in [-0.39, 0.29) is 12.2 Å². The van der Waals surface area contributed by atoms with E-state index in [9.17, 15) is 9.59 Å². The number of fused-ring (bicyclic) bond motifs is 7. The third-order valence-electron chi connectivity index (χ3n) is 5.62. The SMILES string of the molecule is CCOC(=O)c1cnc2n3c4cccc5cccc(nc-3c3cc(Br)ccc3n2c1=O)c54. The molecule has 0 spiro atoms. The zero-order chi connectivity index (χ0) is 22.0. The average molecular weight is 487 g/mol. The maximum absolute atomic E-state index is 13.5. The number of ether oxygens (including phenoxy) is 1. The van der Waals surface area contributed by atoms with Gasteiger partial charge in [-0.25, -0.2) is 19.2 Å². The van der Waals surface area contributed by atoms with E-state index >= 15 is 0 Å². The number of hydrogen-bond donors (Lipinski definition) is 0. The number of hydrogen-bond acceptors (Lipinski definition) is 5.